The predicted octanol–water partition coefficient (Wildman–Crippen LogP) is 4.50. The van der Waals surface area contributed by atoms with Gasteiger partial charge in [0, 0.05) is 5.69 Å². The van der Waals surface area contributed by atoms with Gasteiger partial charge in [-0.2, -0.15) is 0 Å². The lowest BCUT2D eigenvalue weighted by molar-refractivity contribution is 0.102. The minimum atomic E-state index is -3.97. The first kappa shape index (κ1) is 19.6. The molecule has 0 aliphatic rings. The van der Waals surface area contributed by atoms with E-state index < -0.39 is 21.7 Å². The summed E-state index contributed by atoms with van der Waals surface area (Å²) < 4.78 is 40.6. The van der Waals surface area contributed by atoms with E-state index in [1.165, 1.54) is 12.1 Å². The average Bonchev–Trinajstić information content (AvgIpc) is 2.61. The largest absolute Gasteiger partial charge is 0.322 e. The minimum Gasteiger partial charge on any atom is -0.322 e. The Labute approximate surface area is 163 Å². The molecule has 0 aromatic heterocycles. The van der Waals surface area contributed by atoms with Gasteiger partial charge >= 0.3 is 0 Å². The third kappa shape index (κ3) is 4.55. The minimum absolute atomic E-state index is 0.0987. The molecule has 3 rings (SSSR count). The molecule has 3 aromatic rings. The molecule has 0 atom stereocenters. The fourth-order valence-corrected chi connectivity index (χ4v) is 3.91. The number of rotatable bonds is 5. The first-order chi connectivity index (χ1) is 13.2. The number of nitrogens with one attached hydrogen (secondary N) is 2. The van der Waals surface area contributed by atoms with Crippen molar-refractivity contribution in [2.24, 2.45) is 0 Å². The van der Waals surface area contributed by atoms with Crippen LogP contribution in [0.4, 0.5) is 15.8 Å². The van der Waals surface area contributed by atoms with Crippen molar-refractivity contribution in [2.75, 3.05) is 10.0 Å². The van der Waals surface area contributed by atoms with Gasteiger partial charge in [-0.1, -0.05) is 18.2 Å². The smallest absolute Gasteiger partial charge is 0.261 e. The molecule has 28 heavy (non-hydrogen) atoms. The molecule has 2 N–H and O–H groups in total. The van der Waals surface area contributed by atoms with Crippen LogP contribution in [0.1, 0.15) is 21.5 Å². The van der Waals surface area contributed by atoms with E-state index in [4.69, 9.17) is 0 Å². The van der Waals surface area contributed by atoms with Gasteiger partial charge in [0.25, 0.3) is 15.9 Å². The zero-order valence-corrected chi connectivity index (χ0v) is 16.2. The molecule has 0 aliphatic heterocycles. The highest BCUT2D eigenvalue weighted by Gasteiger charge is 2.19. The predicted molar refractivity (Wildman–Crippen MR) is 108 cm³/mol. The first-order valence-corrected chi connectivity index (χ1v) is 10.00. The van der Waals surface area contributed by atoms with Crippen molar-refractivity contribution in [1.82, 2.24) is 0 Å². The van der Waals surface area contributed by atoms with Crippen LogP contribution in [0.15, 0.2) is 71.6 Å². The van der Waals surface area contributed by atoms with Crippen LogP contribution in [0, 0.1) is 19.7 Å². The molecule has 0 radical (unpaired) electrons. The van der Waals surface area contributed by atoms with Gasteiger partial charge in [-0.3, -0.25) is 9.52 Å². The quantitative estimate of drug-likeness (QED) is 0.665. The molecule has 0 saturated carbocycles. The Morgan fingerprint density at radius 3 is 2.14 bits per heavy atom. The van der Waals surface area contributed by atoms with Crippen molar-refractivity contribution >= 4 is 27.3 Å². The van der Waals surface area contributed by atoms with Gasteiger partial charge < -0.3 is 5.32 Å². The van der Waals surface area contributed by atoms with E-state index in [-0.39, 0.29) is 16.1 Å². The molecule has 1 amide bonds. The van der Waals surface area contributed by atoms with E-state index in [0.29, 0.717) is 5.69 Å². The molecule has 0 spiro atoms. The summed E-state index contributed by atoms with van der Waals surface area (Å²) in [4.78, 5) is 12.6. The van der Waals surface area contributed by atoms with Gasteiger partial charge in [0.05, 0.1) is 16.1 Å². The third-order valence-electron chi connectivity index (χ3n) is 4.02. The lowest BCUT2D eigenvalue weighted by Gasteiger charge is -2.13. The molecule has 0 bridgehead atoms. The van der Waals surface area contributed by atoms with E-state index >= 15 is 0 Å². The Morgan fingerprint density at radius 1 is 0.893 bits per heavy atom. The molecular formula is C21H19FN2O3S. The Bertz CT molecular complexity index is 1110. The van der Waals surface area contributed by atoms with E-state index in [9.17, 15) is 17.6 Å². The van der Waals surface area contributed by atoms with Crippen LogP contribution in [-0.4, -0.2) is 14.3 Å². The topological polar surface area (TPSA) is 75.3 Å². The number of aryl methyl sites for hydroxylation is 2. The van der Waals surface area contributed by atoms with Crippen LogP contribution in [0.25, 0.3) is 0 Å². The first-order valence-electron chi connectivity index (χ1n) is 8.52. The molecule has 0 saturated heterocycles. The van der Waals surface area contributed by atoms with Gasteiger partial charge in [-0.05, 0) is 73.5 Å². The van der Waals surface area contributed by atoms with Crippen LogP contribution < -0.4 is 10.0 Å². The summed E-state index contributed by atoms with van der Waals surface area (Å²) in [7, 11) is -3.97. The summed E-state index contributed by atoms with van der Waals surface area (Å²) >= 11 is 0. The van der Waals surface area contributed by atoms with E-state index in [2.05, 4.69) is 10.0 Å². The maximum atomic E-state index is 13.1. The standard InChI is InChI=1S/C21H19FN2O3S/c1-14-11-15(2)13-17(12-14)23-21(25)19-5-3-4-6-20(19)24-28(26,27)18-9-7-16(22)8-10-18/h3-13,24H,1-2H3,(H,23,25). The van der Waals surface area contributed by atoms with Crippen LogP contribution in [0.5, 0.6) is 0 Å². The number of sulfonamides is 1. The van der Waals surface area contributed by atoms with Crippen LogP contribution in [0.2, 0.25) is 0 Å². The monoisotopic (exact) mass is 398 g/mol. The molecule has 0 aliphatic carbocycles. The normalized spacial score (nSPS) is 11.1. The molecule has 7 heteroatoms. The molecule has 0 heterocycles. The van der Waals surface area contributed by atoms with Crippen LogP contribution in [-0.2, 0) is 10.0 Å². The molecular weight excluding hydrogens is 379 g/mol. The fourth-order valence-electron chi connectivity index (χ4n) is 2.83. The molecule has 0 fully saturated rings. The summed E-state index contributed by atoms with van der Waals surface area (Å²) in [5.41, 5.74) is 2.93. The number of para-hydroxylation sites is 1. The zero-order valence-electron chi connectivity index (χ0n) is 15.4. The highest BCUT2D eigenvalue weighted by Crippen LogP contribution is 2.22. The second-order valence-corrected chi connectivity index (χ2v) is 8.12. The number of benzene rings is 3. The highest BCUT2D eigenvalue weighted by molar-refractivity contribution is 7.92. The number of amides is 1. The lowest BCUT2D eigenvalue weighted by atomic mass is 10.1. The highest BCUT2D eigenvalue weighted by atomic mass is 32.2. The van der Waals surface area contributed by atoms with Crippen molar-refractivity contribution in [3.05, 3.63) is 89.2 Å². The van der Waals surface area contributed by atoms with Crippen molar-refractivity contribution < 1.29 is 17.6 Å². The van der Waals surface area contributed by atoms with Crippen molar-refractivity contribution in [3.63, 3.8) is 0 Å². The van der Waals surface area contributed by atoms with Crippen molar-refractivity contribution in [1.29, 1.82) is 0 Å². The molecule has 144 valence electrons. The fraction of sp³-hybridized carbons (Fsp3) is 0.0952. The number of carbonyl (C=O) groups excluding carboxylic acids is 1. The van der Waals surface area contributed by atoms with E-state index in [1.807, 2.05) is 32.0 Å². The summed E-state index contributed by atoms with van der Waals surface area (Å²) in [6, 6.07) is 16.4. The number of hydrogen-bond acceptors (Lipinski definition) is 3. The van der Waals surface area contributed by atoms with Gasteiger partial charge in [0.2, 0.25) is 0 Å². The van der Waals surface area contributed by atoms with Gasteiger partial charge in [0.15, 0.2) is 0 Å². The zero-order chi connectivity index (χ0) is 20.3. The van der Waals surface area contributed by atoms with Gasteiger partial charge in [-0.25, -0.2) is 12.8 Å². The molecule has 3 aromatic carbocycles. The van der Waals surface area contributed by atoms with Crippen molar-refractivity contribution in [2.45, 2.75) is 18.7 Å². The van der Waals surface area contributed by atoms with Gasteiger partial charge in [-0.15, -0.1) is 0 Å². The number of carbonyl (C=O) groups is 1. The number of anilines is 2. The van der Waals surface area contributed by atoms with Crippen LogP contribution >= 0.6 is 0 Å². The van der Waals surface area contributed by atoms with Crippen molar-refractivity contribution in [3.8, 4) is 0 Å². The molecule has 0 unspecified atom stereocenters. The SMILES string of the molecule is Cc1cc(C)cc(NC(=O)c2ccccc2NS(=O)(=O)c2ccc(F)cc2)c1. The average molecular weight is 398 g/mol. The summed E-state index contributed by atoms with van der Waals surface area (Å²) in [6.45, 7) is 3.85. The Balaban J connectivity index is 1.88. The summed E-state index contributed by atoms with van der Waals surface area (Å²) in [6.07, 6.45) is 0. The van der Waals surface area contributed by atoms with Crippen LogP contribution in [0.3, 0.4) is 0 Å². The summed E-state index contributed by atoms with van der Waals surface area (Å²) in [5.74, 6) is -0.977. The maximum Gasteiger partial charge on any atom is 0.261 e. The van der Waals surface area contributed by atoms with E-state index in [0.717, 1.165) is 35.4 Å². The third-order valence-corrected chi connectivity index (χ3v) is 5.40. The summed E-state index contributed by atoms with van der Waals surface area (Å²) in [5, 5.41) is 2.79. The molecule has 5 nitrogen and oxygen atoms in total. The Hall–Kier alpha value is -3.19. The second kappa shape index (κ2) is 7.82. The number of halogens is 1. The van der Waals surface area contributed by atoms with Gasteiger partial charge in [0.1, 0.15) is 5.82 Å². The Kier molecular flexibility index (Phi) is 5.46. The second-order valence-electron chi connectivity index (χ2n) is 6.44. The number of hydrogen-bond donors (Lipinski definition) is 2. The maximum absolute atomic E-state index is 13.1. The lowest BCUT2D eigenvalue weighted by Crippen LogP contribution is -2.18. The van der Waals surface area contributed by atoms with E-state index in [1.54, 1.807) is 12.1 Å². The Morgan fingerprint density at radius 2 is 1.50 bits per heavy atom.